The van der Waals surface area contributed by atoms with Gasteiger partial charge in [-0.3, -0.25) is 0 Å². The van der Waals surface area contributed by atoms with Crippen LogP contribution in [0.3, 0.4) is 0 Å². The molecule has 0 saturated heterocycles. The smallest absolute Gasteiger partial charge is 0.409 e. The van der Waals surface area contributed by atoms with Gasteiger partial charge in [-0.2, -0.15) is 0 Å². The molecule has 0 spiro atoms. The van der Waals surface area contributed by atoms with Crippen LogP contribution in [0.4, 0.5) is 4.79 Å². The Kier molecular flexibility index (Phi) is 5.51. The summed E-state index contributed by atoms with van der Waals surface area (Å²) in [6.07, 6.45) is 1.84. The van der Waals surface area contributed by atoms with E-state index in [1.165, 1.54) is 0 Å². The molecule has 0 aromatic carbocycles. The fourth-order valence-electron chi connectivity index (χ4n) is 1.08. The number of nitrogens with zero attached hydrogens (tertiary/aromatic N) is 1. The topological polar surface area (TPSA) is 29.5 Å². The number of rotatable bonds is 4. The first-order valence-corrected chi connectivity index (χ1v) is 4.92. The van der Waals surface area contributed by atoms with Crippen LogP contribution >= 0.6 is 0 Å². The standard InChI is InChI=1S/C10H21NO2/c1-6-7-9(4)11(5)10(12)13-8(2)3/h8-9H,6-7H2,1-5H3. The molecule has 0 aliphatic rings. The van der Waals surface area contributed by atoms with Crippen molar-refractivity contribution in [2.45, 2.75) is 52.7 Å². The second-order valence-electron chi connectivity index (χ2n) is 3.68. The van der Waals surface area contributed by atoms with Gasteiger partial charge in [0, 0.05) is 13.1 Å². The van der Waals surface area contributed by atoms with E-state index >= 15 is 0 Å². The van der Waals surface area contributed by atoms with E-state index in [0.717, 1.165) is 12.8 Å². The van der Waals surface area contributed by atoms with Gasteiger partial charge in [0.1, 0.15) is 0 Å². The molecule has 3 nitrogen and oxygen atoms in total. The van der Waals surface area contributed by atoms with Crippen molar-refractivity contribution >= 4 is 6.09 Å². The van der Waals surface area contributed by atoms with Gasteiger partial charge in [0.15, 0.2) is 0 Å². The zero-order valence-corrected chi connectivity index (χ0v) is 9.33. The van der Waals surface area contributed by atoms with Crippen molar-refractivity contribution in [1.29, 1.82) is 0 Å². The molecule has 0 aromatic heterocycles. The Morgan fingerprint density at radius 1 is 1.38 bits per heavy atom. The van der Waals surface area contributed by atoms with E-state index in [4.69, 9.17) is 4.74 Å². The highest BCUT2D eigenvalue weighted by molar-refractivity contribution is 5.67. The van der Waals surface area contributed by atoms with Gasteiger partial charge < -0.3 is 9.64 Å². The maximum Gasteiger partial charge on any atom is 0.409 e. The molecule has 0 rings (SSSR count). The lowest BCUT2D eigenvalue weighted by atomic mass is 10.2. The maximum absolute atomic E-state index is 11.4. The van der Waals surface area contributed by atoms with Gasteiger partial charge in [-0.05, 0) is 27.2 Å². The van der Waals surface area contributed by atoms with Crippen molar-refractivity contribution in [1.82, 2.24) is 4.90 Å². The molecule has 1 atom stereocenters. The molecular formula is C10H21NO2. The van der Waals surface area contributed by atoms with Crippen LogP contribution in [-0.2, 0) is 4.74 Å². The zero-order valence-electron chi connectivity index (χ0n) is 9.33. The third kappa shape index (κ3) is 4.76. The zero-order chi connectivity index (χ0) is 10.4. The van der Waals surface area contributed by atoms with E-state index in [0.29, 0.717) is 0 Å². The summed E-state index contributed by atoms with van der Waals surface area (Å²) < 4.78 is 5.07. The van der Waals surface area contributed by atoms with Crippen molar-refractivity contribution in [3.8, 4) is 0 Å². The van der Waals surface area contributed by atoms with Crippen LogP contribution in [0, 0.1) is 0 Å². The monoisotopic (exact) mass is 187 g/mol. The third-order valence-corrected chi connectivity index (χ3v) is 1.99. The summed E-state index contributed by atoms with van der Waals surface area (Å²) in [4.78, 5) is 13.0. The second kappa shape index (κ2) is 5.84. The number of amides is 1. The van der Waals surface area contributed by atoms with E-state index in [1.54, 1.807) is 11.9 Å². The van der Waals surface area contributed by atoms with Gasteiger partial charge in [0.25, 0.3) is 0 Å². The highest BCUT2D eigenvalue weighted by atomic mass is 16.6. The largest absolute Gasteiger partial charge is 0.447 e. The number of ether oxygens (including phenoxy) is 1. The highest BCUT2D eigenvalue weighted by Gasteiger charge is 2.16. The molecule has 0 N–H and O–H groups in total. The van der Waals surface area contributed by atoms with Crippen LogP contribution in [-0.4, -0.2) is 30.2 Å². The molecule has 0 radical (unpaired) electrons. The Labute approximate surface area is 81.1 Å². The van der Waals surface area contributed by atoms with Crippen LogP contribution < -0.4 is 0 Å². The molecule has 3 heteroatoms. The molecule has 0 heterocycles. The average Bonchev–Trinajstić information content (AvgIpc) is 2.02. The number of hydrogen-bond acceptors (Lipinski definition) is 2. The van der Waals surface area contributed by atoms with E-state index in [2.05, 4.69) is 6.92 Å². The maximum atomic E-state index is 11.4. The van der Waals surface area contributed by atoms with E-state index < -0.39 is 0 Å². The average molecular weight is 187 g/mol. The summed E-state index contributed by atoms with van der Waals surface area (Å²) in [5.74, 6) is 0. The molecule has 0 aliphatic carbocycles. The van der Waals surface area contributed by atoms with Crippen molar-refractivity contribution < 1.29 is 9.53 Å². The minimum absolute atomic E-state index is 0.0382. The van der Waals surface area contributed by atoms with Crippen LogP contribution in [0.2, 0.25) is 0 Å². The molecule has 1 unspecified atom stereocenters. The van der Waals surface area contributed by atoms with Gasteiger partial charge in [-0.1, -0.05) is 13.3 Å². The summed E-state index contributed by atoms with van der Waals surface area (Å²) in [5.41, 5.74) is 0. The Bertz CT molecular complexity index is 157. The molecule has 0 fully saturated rings. The molecule has 13 heavy (non-hydrogen) atoms. The first-order chi connectivity index (χ1) is 5.99. The summed E-state index contributed by atoms with van der Waals surface area (Å²) in [7, 11) is 1.78. The molecule has 78 valence electrons. The molecule has 1 amide bonds. The van der Waals surface area contributed by atoms with Crippen molar-refractivity contribution in [2.75, 3.05) is 7.05 Å². The Hall–Kier alpha value is -0.730. The summed E-state index contributed by atoms with van der Waals surface area (Å²) in [5, 5.41) is 0. The SMILES string of the molecule is CCCC(C)N(C)C(=O)OC(C)C. The van der Waals surface area contributed by atoms with Crippen molar-refractivity contribution in [3.05, 3.63) is 0 Å². The van der Waals surface area contributed by atoms with Crippen LogP contribution in [0.25, 0.3) is 0 Å². The van der Waals surface area contributed by atoms with Gasteiger partial charge in [0.2, 0.25) is 0 Å². The number of carbonyl (C=O) groups excluding carboxylic acids is 1. The lowest BCUT2D eigenvalue weighted by Gasteiger charge is -2.24. The van der Waals surface area contributed by atoms with E-state index in [-0.39, 0.29) is 18.2 Å². The lowest BCUT2D eigenvalue weighted by molar-refractivity contribution is 0.0733. The predicted molar refractivity (Wildman–Crippen MR) is 53.8 cm³/mol. The summed E-state index contributed by atoms with van der Waals surface area (Å²) >= 11 is 0. The third-order valence-electron chi connectivity index (χ3n) is 1.99. The minimum atomic E-state index is -0.226. The summed E-state index contributed by atoms with van der Waals surface area (Å²) in [6.45, 7) is 7.86. The molecule has 0 aliphatic heterocycles. The lowest BCUT2D eigenvalue weighted by Crippen LogP contribution is -2.36. The predicted octanol–water partition coefficient (Wildman–Crippen LogP) is 2.65. The van der Waals surface area contributed by atoms with Gasteiger partial charge in [-0.15, -0.1) is 0 Å². The van der Waals surface area contributed by atoms with E-state index in [9.17, 15) is 4.79 Å². The van der Waals surface area contributed by atoms with Gasteiger partial charge in [-0.25, -0.2) is 4.79 Å². The Balaban J connectivity index is 3.93. The van der Waals surface area contributed by atoms with Crippen LogP contribution in [0.1, 0.15) is 40.5 Å². The number of carbonyl (C=O) groups is 1. The van der Waals surface area contributed by atoms with Crippen molar-refractivity contribution in [3.63, 3.8) is 0 Å². The fourth-order valence-corrected chi connectivity index (χ4v) is 1.08. The van der Waals surface area contributed by atoms with Crippen molar-refractivity contribution in [2.24, 2.45) is 0 Å². The highest BCUT2D eigenvalue weighted by Crippen LogP contribution is 2.06. The first kappa shape index (κ1) is 12.3. The quantitative estimate of drug-likeness (QED) is 0.677. The molecular weight excluding hydrogens is 166 g/mol. The normalized spacial score (nSPS) is 12.8. The Morgan fingerprint density at radius 2 is 1.92 bits per heavy atom. The molecule has 0 bridgehead atoms. The van der Waals surface area contributed by atoms with Crippen LogP contribution in [0.5, 0.6) is 0 Å². The number of hydrogen-bond donors (Lipinski definition) is 0. The minimum Gasteiger partial charge on any atom is -0.447 e. The Morgan fingerprint density at radius 3 is 2.31 bits per heavy atom. The molecule has 0 aromatic rings. The van der Waals surface area contributed by atoms with Gasteiger partial charge in [0.05, 0.1) is 6.10 Å². The van der Waals surface area contributed by atoms with Crippen LogP contribution in [0.15, 0.2) is 0 Å². The summed E-state index contributed by atoms with van der Waals surface area (Å²) in [6, 6.07) is 0.260. The second-order valence-corrected chi connectivity index (χ2v) is 3.68. The van der Waals surface area contributed by atoms with E-state index in [1.807, 2.05) is 20.8 Å². The molecule has 0 saturated carbocycles. The fraction of sp³-hybridized carbons (Fsp3) is 0.900. The first-order valence-electron chi connectivity index (χ1n) is 4.92. The van der Waals surface area contributed by atoms with Gasteiger partial charge >= 0.3 is 6.09 Å².